The molecule has 0 aliphatic heterocycles. The van der Waals surface area contributed by atoms with E-state index in [9.17, 15) is 4.79 Å². The highest BCUT2D eigenvalue weighted by atomic mass is 32.2. The topological polar surface area (TPSA) is 96.5 Å². The van der Waals surface area contributed by atoms with Gasteiger partial charge in [0.05, 0.1) is 23.1 Å². The summed E-state index contributed by atoms with van der Waals surface area (Å²) in [4.78, 5) is 16.7. The molecule has 2 aromatic heterocycles. The first-order chi connectivity index (χ1) is 15.2. The van der Waals surface area contributed by atoms with E-state index >= 15 is 0 Å². The molecule has 0 aliphatic carbocycles. The van der Waals surface area contributed by atoms with Gasteiger partial charge < -0.3 is 5.32 Å². The Kier molecular flexibility index (Phi) is 6.05. The number of aromatic nitrogens is 4. The summed E-state index contributed by atoms with van der Waals surface area (Å²) in [6, 6.07) is 20.5. The highest BCUT2D eigenvalue weighted by Gasteiger charge is 2.18. The summed E-state index contributed by atoms with van der Waals surface area (Å²) in [6.07, 6.45) is 3.45. The van der Waals surface area contributed by atoms with Crippen molar-refractivity contribution in [2.75, 3.05) is 11.1 Å². The van der Waals surface area contributed by atoms with E-state index in [1.165, 1.54) is 11.8 Å². The molecule has 2 aromatic carbocycles. The standard InChI is InChI=1S/C23H18N6OS/c1-16-5-2-3-7-20(16)29-22(18-6-4-12-25-14-18)27-28-23(29)31-15-21(30)26-19-10-8-17(13-24)9-11-19/h2-12,14H,15H2,1H3,(H,26,30). The average molecular weight is 427 g/mol. The number of aryl methyl sites for hydroxylation is 1. The number of rotatable bonds is 6. The number of carbonyl (C=O) groups is 1. The zero-order chi connectivity index (χ0) is 21.6. The van der Waals surface area contributed by atoms with E-state index in [-0.39, 0.29) is 11.7 Å². The smallest absolute Gasteiger partial charge is 0.234 e. The van der Waals surface area contributed by atoms with Gasteiger partial charge in [-0.2, -0.15) is 5.26 Å². The van der Waals surface area contributed by atoms with Gasteiger partial charge in [0.25, 0.3) is 0 Å². The number of hydrogen-bond acceptors (Lipinski definition) is 6. The normalized spacial score (nSPS) is 10.5. The third-order valence-corrected chi connectivity index (χ3v) is 5.47. The Bertz CT molecular complexity index is 1250. The minimum absolute atomic E-state index is 0.164. The van der Waals surface area contributed by atoms with Crippen LogP contribution in [-0.2, 0) is 4.79 Å². The molecule has 0 unspecified atom stereocenters. The van der Waals surface area contributed by atoms with E-state index in [1.54, 1.807) is 36.7 Å². The summed E-state index contributed by atoms with van der Waals surface area (Å²) in [5.74, 6) is 0.659. The molecule has 31 heavy (non-hydrogen) atoms. The van der Waals surface area contributed by atoms with Crippen LogP contribution in [0.25, 0.3) is 17.1 Å². The van der Waals surface area contributed by atoms with Crippen LogP contribution in [0.1, 0.15) is 11.1 Å². The fourth-order valence-electron chi connectivity index (χ4n) is 3.03. The second-order valence-electron chi connectivity index (χ2n) is 6.70. The van der Waals surface area contributed by atoms with Crippen LogP contribution in [-0.4, -0.2) is 31.4 Å². The molecule has 0 saturated heterocycles. The van der Waals surface area contributed by atoms with Gasteiger partial charge in [0, 0.05) is 23.6 Å². The quantitative estimate of drug-likeness (QED) is 0.463. The van der Waals surface area contributed by atoms with E-state index in [0.717, 1.165) is 16.8 Å². The molecule has 1 N–H and O–H groups in total. The van der Waals surface area contributed by atoms with Gasteiger partial charge >= 0.3 is 0 Å². The largest absolute Gasteiger partial charge is 0.325 e. The van der Waals surface area contributed by atoms with Crippen LogP contribution in [0.3, 0.4) is 0 Å². The van der Waals surface area contributed by atoms with Gasteiger partial charge in [-0.15, -0.1) is 10.2 Å². The van der Waals surface area contributed by atoms with Crippen molar-refractivity contribution >= 4 is 23.4 Å². The van der Waals surface area contributed by atoms with Crippen LogP contribution in [0.4, 0.5) is 5.69 Å². The molecule has 0 aliphatic rings. The summed E-state index contributed by atoms with van der Waals surface area (Å²) in [6.45, 7) is 2.02. The molecule has 0 radical (unpaired) electrons. The number of para-hydroxylation sites is 1. The lowest BCUT2D eigenvalue weighted by atomic mass is 10.2. The Balaban J connectivity index is 1.58. The number of carbonyl (C=O) groups excluding carboxylic acids is 1. The number of benzene rings is 2. The van der Waals surface area contributed by atoms with Gasteiger partial charge in [0.15, 0.2) is 11.0 Å². The van der Waals surface area contributed by atoms with Gasteiger partial charge in [-0.1, -0.05) is 30.0 Å². The van der Waals surface area contributed by atoms with Crippen molar-refractivity contribution < 1.29 is 4.79 Å². The van der Waals surface area contributed by atoms with Gasteiger partial charge in [0.1, 0.15) is 0 Å². The minimum atomic E-state index is -0.169. The molecule has 1 amide bonds. The first-order valence-electron chi connectivity index (χ1n) is 9.50. The zero-order valence-electron chi connectivity index (χ0n) is 16.7. The first-order valence-corrected chi connectivity index (χ1v) is 10.5. The van der Waals surface area contributed by atoms with Crippen molar-refractivity contribution in [3.05, 3.63) is 84.2 Å². The monoisotopic (exact) mass is 426 g/mol. The van der Waals surface area contributed by atoms with E-state index < -0.39 is 0 Å². The summed E-state index contributed by atoms with van der Waals surface area (Å²) >= 11 is 1.31. The summed E-state index contributed by atoms with van der Waals surface area (Å²) < 4.78 is 1.95. The summed E-state index contributed by atoms with van der Waals surface area (Å²) in [5.41, 5.74) is 4.03. The molecule has 152 valence electrons. The average Bonchev–Trinajstić information content (AvgIpc) is 3.23. The van der Waals surface area contributed by atoms with Crippen LogP contribution in [0, 0.1) is 18.3 Å². The highest BCUT2D eigenvalue weighted by molar-refractivity contribution is 7.99. The molecule has 0 spiro atoms. The predicted octanol–water partition coefficient (Wildman–Crippen LogP) is 4.24. The first kappa shape index (κ1) is 20.3. The molecular weight excluding hydrogens is 408 g/mol. The summed E-state index contributed by atoms with van der Waals surface area (Å²) in [7, 11) is 0. The van der Waals surface area contributed by atoms with E-state index in [1.807, 2.05) is 47.9 Å². The number of thioether (sulfide) groups is 1. The lowest BCUT2D eigenvalue weighted by Gasteiger charge is -2.12. The van der Waals surface area contributed by atoms with Crippen molar-refractivity contribution in [1.29, 1.82) is 5.26 Å². The molecular formula is C23H18N6OS. The van der Waals surface area contributed by atoms with Crippen LogP contribution in [0.5, 0.6) is 0 Å². The summed E-state index contributed by atoms with van der Waals surface area (Å²) in [5, 5.41) is 21.1. The molecule has 0 saturated carbocycles. The van der Waals surface area contributed by atoms with Crippen LogP contribution >= 0.6 is 11.8 Å². The SMILES string of the molecule is Cc1ccccc1-n1c(SCC(=O)Nc2ccc(C#N)cc2)nnc1-c1cccnc1. The Morgan fingerprint density at radius 3 is 2.61 bits per heavy atom. The van der Waals surface area contributed by atoms with E-state index in [4.69, 9.17) is 5.26 Å². The lowest BCUT2D eigenvalue weighted by molar-refractivity contribution is -0.113. The number of nitriles is 1. The molecule has 0 fully saturated rings. The maximum atomic E-state index is 12.5. The molecule has 8 heteroatoms. The Labute approximate surface area is 183 Å². The van der Waals surface area contributed by atoms with Crippen LogP contribution in [0.2, 0.25) is 0 Å². The lowest BCUT2D eigenvalue weighted by Crippen LogP contribution is -2.14. The predicted molar refractivity (Wildman–Crippen MR) is 120 cm³/mol. The number of anilines is 1. The number of nitrogens with zero attached hydrogens (tertiary/aromatic N) is 5. The maximum Gasteiger partial charge on any atom is 0.234 e. The van der Waals surface area contributed by atoms with Crippen LogP contribution in [0.15, 0.2) is 78.2 Å². The van der Waals surface area contributed by atoms with E-state index in [2.05, 4.69) is 26.6 Å². The fourth-order valence-corrected chi connectivity index (χ4v) is 3.78. The Morgan fingerprint density at radius 2 is 1.90 bits per heavy atom. The molecule has 4 aromatic rings. The number of pyridine rings is 1. The molecule has 0 atom stereocenters. The Morgan fingerprint density at radius 1 is 1.10 bits per heavy atom. The second-order valence-corrected chi connectivity index (χ2v) is 7.64. The van der Waals surface area contributed by atoms with Crippen molar-refractivity contribution in [1.82, 2.24) is 19.7 Å². The van der Waals surface area contributed by atoms with Gasteiger partial charge in [-0.05, 0) is 55.0 Å². The second kappa shape index (κ2) is 9.24. The zero-order valence-corrected chi connectivity index (χ0v) is 17.5. The third kappa shape index (κ3) is 4.63. The highest BCUT2D eigenvalue weighted by Crippen LogP contribution is 2.29. The van der Waals surface area contributed by atoms with Gasteiger partial charge in [-0.25, -0.2) is 0 Å². The van der Waals surface area contributed by atoms with Crippen molar-refractivity contribution in [2.24, 2.45) is 0 Å². The molecule has 0 bridgehead atoms. The van der Waals surface area contributed by atoms with Crippen LogP contribution < -0.4 is 5.32 Å². The van der Waals surface area contributed by atoms with Gasteiger partial charge in [-0.3, -0.25) is 14.3 Å². The van der Waals surface area contributed by atoms with E-state index in [0.29, 0.717) is 22.2 Å². The number of amides is 1. The molecule has 7 nitrogen and oxygen atoms in total. The third-order valence-electron chi connectivity index (χ3n) is 4.54. The maximum absolute atomic E-state index is 12.5. The number of nitrogens with one attached hydrogen (secondary N) is 1. The number of hydrogen-bond donors (Lipinski definition) is 1. The minimum Gasteiger partial charge on any atom is -0.325 e. The Hall–Kier alpha value is -3.96. The van der Waals surface area contributed by atoms with Crippen molar-refractivity contribution in [2.45, 2.75) is 12.1 Å². The molecule has 4 rings (SSSR count). The molecule has 2 heterocycles. The van der Waals surface area contributed by atoms with Gasteiger partial charge in [0.2, 0.25) is 5.91 Å². The fraction of sp³-hybridized carbons (Fsp3) is 0.0870. The van der Waals surface area contributed by atoms with Crippen molar-refractivity contribution in [3.63, 3.8) is 0 Å². The van der Waals surface area contributed by atoms with Crippen molar-refractivity contribution in [3.8, 4) is 23.1 Å².